The van der Waals surface area contributed by atoms with E-state index < -0.39 is 0 Å². The predicted molar refractivity (Wildman–Crippen MR) is 241 cm³/mol. The van der Waals surface area contributed by atoms with E-state index in [1.54, 1.807) is 0 Å². The van der Waals surface area contributed by atoms with Gasteiger partial charge in [-0.15, -0.1) is 11.3 Å². The van der Waals surface area contributed by atoms with Crippen molar-refractivity contribution >= 4 is 93.7 Å². The average molecular weight is 745 g/mol. The number of thiophene rings is 1. The molecule has 0 unspecified atom stereocenters. The zero-order valence-electron chi connectivity index (χ0n) is 30.7. The lowest BCUT2D eigenvalue weighted by Crippen LogP contribution is -2.15. The van der Waals surface area contributed by atoms with Gasteiger partial charge in [0.2, 0.25) is 5.95 Å². The van der Waals surface area contributed by atoms with Crippen molar-refractivity contribution in [2.75, 3.05) is 4.90 Å². The van der Waals surface area contributed by atoms with Gasteiger partial charge in [0.1, 0.15) is 0 Å². The predicted octanol–water partition coefficient (Wildman–Crippen LogP) is 14.4. The lowest BCUT2D eigenvalue weighted by atomic mass is 9.99. The Bertz CT molecular complexity index is 3410. The smallest absolute Gasteiger partial charge is 0.235 e. The minimum absolute atomic E-state index is 0.638. The fourth-order valence-electron chi connectivity index (χ4n) is 8.68. The highest BCUT2D eigenvalue weighted by molar-refractivity contribution is 7.25. The summed E-state index contributed by atoms with van der Waals surface area (Å²) in [5.74, 6) is 0.638. The Balaban J connectivity index is 1.09. The molecule has 1 aliphatic heterocycles. The summed E-state index contributed by atoms with van der Waals surface area (Å²) >= 11 is 1.84. The summed E-state index contributed by atoms with van der Waals surface area (Å²) in [4.78, 5) is 13.0. The Labute approximate surface area is 332 Å². The summed E-state index contributed by atoms with van der Waals surface area (Å²) < 4.78 is 4.93. The second-order valence-corrected chi connectivity index (χ2v) is 15.7. The van der Waals surface area contributed by atoms with E-state index in [9.17, 15) is 0 Å². The minimum atomic E-state index is 0.638. The standard InChI is InChI=1S/C52H32N4S/c1-3-13-33(14-4-1)51-42-19-7-10-20-44(42)53-52(54-51)56-45-28-26-34(29-36(45)23-24-37-31-50-43(32-47(37)56)41-18-9-12-22-49(41)57-50)35-25-27-40-39-17-8-11-21-46(39)55(48(40)30-35)38-15-5-2-6-16-38/h1-32H. The van der Waals surface area contributed by atoms with E-state index in [2.05, 4.69) is 198 Å². The quantitative estimate of drug-likeness (QED) is 0.180. The minimum Gasteiger partial charge on any atom is -0.309 e. The van der Waals surface area contributed by atoms with E-state index in [4.69, 9.17) is 9.97 Å². The van der Waals surface area contributed by atoms with Crippen LogP contribution in [-0.4, -0.2) is 14.5 Å². The van der Waals surface area contributed by atoms with Crippen molar-refractivity contribution in [1.82, 2.24) is 14.5 Å². The molecule has 0 bridgehead atoms. The number of aromatic nitrogens is 3. The highest BCUT2D eigenvalue weighted by Gasteiger charge is 2.26. The maximum absolute atomic E-state index is 5.43. The Morgan fingerprint density at radius 1 is 0.404 bits per heavy atom. The highest BCUT2D eigenvalue weighted by atomic mass is 32.1. The lowest BCUT2D eigenvalue weighted by molar-refractivity contribution is 1.11. The van der Waals surface area contributed by atoms with Gasteiger partial charge in [-0.3, -0.25) is 4.90 Å². The molecule has 0 fully saturated rings. The van der Waals surface area contributed by atoms with Crippen molar-refractivity contribution in [1.29, 1.82) is 0 Å². The molecule has 266 valence electrons. The number of benzene rings is 8. The summed E-state index contributed by atoms with van der Waals surface area (Å²) in [6.45, 7) is 0. The van der Waals surface area contributed by atoms with Gasteiger partial charge in [-0.05, 0) is 77.4 Å². The Hall–Kier alpha value is -7.34. The SMILES string of the molecule is C1=Cc2cc3sc4ccccc4c3cc2N(c2nc(-c3ccccc3)c3ccccc3n2)c2ccc(-c3ccc4c5ccccc5n(-c5ccccc5)c4c3)cc21. The third-order valence-corrected chi connectivity index (χ3v) is 12.5. The molecule has 12 rings (SSSR count). The second-order valence-electron chi connectivity index (χ2n) is 14.6. The van der Waals surface area contributed by atoms with Crippen LogP contribution in [-0.2, 0) is 0 Å². The fourth-order valence-corrected chi connectivity index (χ4v) is 9.82. The molecule has 11 aromatic rings. The lowest BCUT2D eigenvalue weighted by Gasteiger charge is -2.26. The van der Waals surface area contributed by atoms with Crippen molar-refractivity contribution in [3.8, 4) is 28.1 Å². The van der Waals surface area contributed by atoms with Crippen LogP contribution in [0.1, 0.15) is 11.1 Å². The summed E-state index contributed by atoms with van der Waals surface area (Å²) in [5, 5.41) is 6.01. The van der Waals surface area contributed by atoms with Gasteiger partial charge in [0.15, 0.2) is 0 Å². The van der Waals surface area contributed by atoms with Gasteiger partial charge < -0.3 is 4.57 Å². The van der Waals surface area contributed by atoms with Gasteiger partial charge in [-0.25, -0.2) is 9.97 Å². The summed E-state index contributed by atoms with van der Waals surface area (Å²) in [6, 6.07) is 65.2. The molecule has 4 nitrogen and oxygen atoms in total. The zero-order valence-corrected chi connectivity index (χ0v) is 31.5. The van der Waals surface area contributed by atoms with Crippen LogP contribution < -0.4 is 4.90 Å². The molecule has 8 aromatic carbocycles. The first-order valence-corrected chi connectivity index (χ1v) is 20.1. The topological polar surface area (TPSA) is 34.0 Å². The normalized spacial score (nSPS) is 12.5. The van der Waals surface area contributed by atoms with Gasteiger partial charge in [0.25, 0.3) is 0 Å². The van der Waals surface area contributed by atoms with Crippen LogP contribution in [0.5, 0.6) is 0 Å². The number of fused-ring (bicyclic) bond motifs is 9. The first-order chi connectivity index (χ1) is 28.2. The van der Waals surface area contributed by atoms with E-state index in [1.807, 2.05) is 17.4 Å². The molecule has 0 saturated heterocycles. The van der Waals surface area contributed by atoms with Gasteiger partial charge in [-0.1, -0.05) is 133 Å². The molecule has 0 spiro atoms. The molecule has 0 amide bonds. The number of nitrogens with zero attached hydrogens (tertiary/aromatic N) is 4. The Morgan fingerprint density at radius 3 is 1.93 bits per heavy atom. The largest absolute Gasteiger partial charge is 0.309 e. The molecular weight excluding hydrogens is 713 g/mol. The molecule has 0 N–H and O–H groups in total. The number of para-hydroxylation sites is 3. The van der Waals surface area contributed by atoms with Crippen LogP contribution in [0.4, 0.5) is 17.3 Å². The third-order valence-electron chi connectivity index (χ3n) is 11.3. The second kappa shape index (κ2) is 12.6. The number of hydrogen-bond donors (Lipinski definition) is 0. The fraction of sp³-hybridized carbons (Fsp3) is 0. The van der Waals surface area contributed by atoms with Gasteiger partial charge in [-0.2, -0.15) is 0 Å². The maximum Gasteiger partial charge on any atom is 0.235 e. The molecule has 0 atom stereocenters. The molecule has 4 heterocycles. The van der Waals surface area contributed by atoms with Crippen LogP contribution in [0.2, 0.25) is 0 Å². The van der Waals surface area contributed by atoms with Gasteiger partial charge >= 0.3 is 0 Å². The first kappa shape index (κ1) is 32.0. The van der Waals surface area contributed by atoms with Crippen molar-refractivity contribution in [3.63, 3.8) is 0 Å². The summed E-state index contributed by atoms with van der Waals surface area (Å²) in [6.07, 6.45) is 4.52. The molecular formula is C52H32N4S. The molecule has 0 saturated carbocycles. The highest BCUT2D eigenvalue weighted by Crippen LogP contribution is 2.47. The third kappa shape index (κ3) is 5.06. The summed E-state index contributed by atoms with van der Waals surface area (Å²) in [5.41, 5.74) is 13.0. The van der Waals surface area contributed by atoms with Crippen molar-refractivity contribution < 1.29 is 0 Å². The average Bonchev–Trinajstić information content (AvgIpc) is 3.75. The van der Waals surface area contributed by atoms with Crippen molar-refractivity contribution in [2.24, 2.45) is 0 Å². The van der Waals surface area contributed by atoms with E-state index in [1.165, 1.54) is 42.0 Å². The molecule has 57 heavy (non-hydrogen) atoms. The van der Waals surface area contributed by atoms with E-state index >= 15 is 0 Å². The van der Waals surface area contributed by atoms with E-state index in [0.717, 1.165) is 61.5 Å². The zero-order chi connectivity index (χ0) is 37.5. The maximum atomic E-state index is 5.43. The molecule has 5 heteroatoms. The van der Waals surface area contributed by atoms with Crippen molar-refractivity contribution in [2.45, 2.75) is 0 Å². The monoisotopic (exact) mass is 744 g/mol. The molecule has 0 radical (unpaired) electrons. The number of rotatable bonds is 4. The van der Waals surface area contributed by atoms with E-state index in [-0.39, 0.29) is 0 Å². The molecule has 1 aliphatic rings. The van der Waals surface area contributed by atoms with Crippen LogP contribution >= 0.6 is 11.3 Å². The Morgan fingerprint density at radius 2 is 1.07 bits per heavy atom. The van der Waals surface area contributed by atoms with Gasteiger partial charge in [0, 0.05) is 53.1 Å². The van der Waals surface area contributed by atoms with Crippen LogP contribution in [0, 0.1) is 0 Å². The first-order valence-electron chi connectivity index (χ1n) is 19.2. The molecule has 3 aromatic heterocycles. The number of anilines is 3. The van der Waals surface area contributed by atoms with Crippen LogP contribution in [0.25, 0.3) is 93.1 Å². The van der Waals surface area contributed by atoms with Crippen molar-refractivity contribution in [3.05, 3.63) is 193 Å². The molecule has 0 aliphatic carbocycles. The Kier molecular flexibility index (Phi) is 7.06. The number of hydrogen-bond acceptors (Lipinski definition) is 4. The van der Waals surface area contributed by atoms with Crippen LogP contribution in [0.3, 0.4) is 0 Å². The summed E-state index contributed by atoms with van der Waals surface area (Å²) in [7, 11) is 0. The van der Waals surface area contributed by atoms with Crippen LogP contribution in [0.15, 0.2) is 182 Å². The van der Waals surface area contributed by atoms with E-state index in [0.29, 0.717) is 5.95 Å². The van der Waals surface area contributed by atoms with Gasteiger partial charge in [0.05, 0.1) is 33.6 Å².